The third-order valence-electron chi connectivity index (χ3n) is 4.03. The molecular formula is C17H15N3OS2. The van der Waals surface area contributed by atoms with Crippen molar-refractivity contribution in [2.75, 3.05) is 10.7 Å². The molecule has 1 atom stereocenters. The Kier molecular flexibility index (Phi) is 3.79. The van der Waals surface area contributed by atoms with Crippen molar-refractivity contribution in [3.8, 4) is 0 Å². The zero-order chi connectivity index (χ0) is 15.8. The van der Waals surface area contributed by atoms with E-state index in [0.717, 1.165) is 27.4 Å². The van der Waals surface area contributed by atoms with E-state index in [-0.39, 0.29) is 11.9 Å². The zero-order valence-corrected chi connectivity index (χ0v) is 14.2. The highest BCUT2D eigenvalue weighted by atomic mass is 32.2. The number of carbonyl (C=O) groups is 1. The number of rotatable bonds is 3. The van der Waals surface area contributed by atoms with Crippen LogP contribution in [-0.4, -0.2) is 27.7 Å². The molecule has 0 saturated heterocycles. The molecule has 1 aromatic carbocycles. The van der Waals surface area contributed by atoms with E-state index in [0.29, 0.717) is 5.75 Å². The van der Waals surface area contributed by atoms with Crippen LogP contribution in [-0.2, 0) is 11.2 Å². The van der Waals surface area contributed by atoms with E-state index in [1.165, 1.54) is 17.3 Å². The van der Waals surface area contributed by atoms with Gasteiger partial charge in [0.05, 0.1) is 5.75 Å². The Bertz CT molecular complexity index is 877. The zero-order valence-electron chi connectivity index (χ0n) is 12.6. The summed E-state index contributed by atoms with van der Waals surface area (Å²) in [6.07, 6.45) is 2.49. The van der Waals surface area contributed by atoms with Crippen molar-refractivity contribution in [1.29, 1.82) is 0 Å². The third kappa shape index (κ3) is 2.62. The normalized spacial score (nSPS) is 16.7. The molecule has 0 spiro atoms. The molecule has 3 aromatic rings. The Morgan fingerprint density at radius 2 is 2.22 bits per heavy atom. The lowest BCUT2D eigenvalue weighted by atomic mass is 10.1. The van der Waals surface area contributed by atoms with E-state index >= 15 is 0 Å². The summed E-state index contributed by atoms with van der Waals surface area (Å²) in [5, 5.41) is 3.92. The highest BCUT2D eigenvalue weighted by Gasteiger charge is 2.30. The van der Waals surface area contributed by atoms with Crippen LogP contribution in [0.4, 0.5) is 5.69 Å². The lowest BCUT2D eigenvalue weighted by Crippen LogP contribution is -2.36. The van der Waals surface area contributed by atoms with E-state index < -0.39 is 0 Å². The van der Waals surface area contributed by atoms with Crippen LogP contribution in [0.2, 0.25) is 0 Å². The number of para-hydroxylation sites is 1. The molecule has 4 rings (SSSR count). The molecule has 0 radical (unpaired) electrons. The van der Waals surface area contributed by atoms with Gasteiger partial charge in [-0.15, -0.1) is 11.3 Å². The molecule has 1 aliphatic heterocycles. The first kappa shape index (κ1) is 14.7. The average Bonchev–Trinajstić information content (AvgIpc) is 3.15. The predicted octanol–water partition coefficient (Wildman–Crippen LogP) is 3.76. The summed E-state index contributed by atoms with van der Waals surface area (Å²) < 4.78 is 0. The van der Waals surface area contributed by atoms with Gasteiger partial charge in [-0.3, -0.25) is 4.79 Å². The molecule has 3 heterocycles. The first-order valence-corrected chi connectivity index (χ1v) is 9.31. The summed E-state index contributed by atoms with van der Waals surface area (Å²) in [5.41, 5.74) is 2.30. The molecule has 1 amide bonds. The number of thiophene rings is 1. The topological polar surface area (TPSA) is 46.1 Å². The number of aromatic nitrogens is 2. The minimum Gasteiger partial charge on any atom is -0.308 e. The van der Waals surface area contributed by atoms with Crippen LogP contribution < -0.4 is 4.90 Å². The monoisotopic (exact) mass is 341 g/mol. The molecular weight excluding hydrogens is 326 g/mol. The smallest absolute Gasteiger partial charge is 0.237 e. The number of nitrogens with zero attached hydrogens (tertiary/aromatic N) is 3. The Morgan fingerprint density at radius 1 is 1.35 bits per heavy atom. The fourth-order valence-corrected chi connectivity index (χ4v) is 4.67. The maximum Gasteiger partial charge on any atom is 0.237 e. The van der Waals surface area contributed by atoms with Crippen LogP contribution in [0.5, 0.6) is 0 Å². The standard InChI is InChI=1S/C17H15N3OS2/c1-11-8-12-4-2-3-5-14(12)20(11)15(21)9-23-17-13-6-7-22-16(13)18-10-19-17/h2-7,10-11H,8-9H2,1H3/t11-/m1/s1. The van der Waals surface area contributed by atoms with Crippen molar-refractivity contribution in [2.24, 2.45) is 0 Å². The predicted molar refractivity (Wildman–Crippen MR) is 95.2 cm³/mol. The number of anilines is 1. The van der Waals surface area contributed by atoms with Crippen LogP contribution >= 0.6 is 23.1 Å². The van der Waals surface area contributed by atoms with Gasteiger partial charge in [-0.1, -0.05) is 30.0 Å². The van der Waals surface area contributed by atoms with E-state index in [9.17, 15) is 4.79 Å². The van der Waals surface area contributed by atoms with Gasteiger partial charge in [0.15, 0.2) is 0 Å². The van der Waals surface area contributed by atoms with Crippen molar-refractivity contribution in [2.45, 2.75) is 24.4 Å². The second kappa shape index (κ2) is 5.94. The van der Waals surface area contributed by atoms with E-state index in [1.54, 1.807) is 17.7 Å². The highest BCUT2D eigenvalue weighted by molar-refractivity contribution is 8.00. The first-order valence-electron chi connectivity index (χ1n) is 7.45. The van der Waals surface area contributed by atoms with Crippen LogP contribution in [0.1, 0.15) is 12.5 Å². The van der Waals surface area contributed by atoms with Gasteiger partial charge >= 0.3 is 0 Å². The number of fused-ring (bicyclic) bond motifs is 2. The molecule has 1 aliphatic rings. The third-order valence-corrected chi connectivity index (χ3v) is 5.84. The Hall–Kier alpha value is -1.92. The van der Waals surface area contributed by atoms with Crippen molar-refractivity contribution in [1.82, 2.24) is 9.97 Å². The minimum absolute atomic E-state index is 0.134. The van der Waals surface area contributed by atoms with Crippen LogP contribution in [0, 0.1) is 0 Å². The summed E-state index contributed by atoms with van der Waals surface area (Å²) in [6, 6.07) is 10.4. The number of amides is 1. The van der Waals surface area contributed by atoms with Crippen LogP contribution in [0.15, 0.2) is 47.1 Å². The van der Waals surface area contributed by atoms with Crippen molar-refractivity contribution in [3.05, 3.63) is 47.6 Å². The number of carbonyl (C=O) groups excluding carboxylic acids is 1. The molecule has 0 unspecified atom stereocenters. The quantitative estimate of drug-likeness (QED) is 0.537. The number of benzene rings is 1. The second-order valence-corrected chi connectivity index (χ2v) is 7.41. The summed E-state index contributed by atoms with van der Waals surface area (Å²) in [4.78, 5) is 24.2. The summed E-state index contributed by atoms with van der Waals surface area (Å²) >= 11 is 3.08. The number of thioether (sulfide) groups is 1. The van der Waals surface area contributed by atoms with Crippen molar-refractivity contribution < 1.29 is 4.79 Å². The highest BCUT2D eigenvalue weighted by Crippen LogP contribution is 2.33. The fraction of sp³-hybridized carbons (Fsp3) is 0.235. The number of hydrogen-bond acceptors (Lipinski definition) is 5. The number of hydrogen-bond donors (Lipinski definition) is 0. The summed E-state index contributed by atoms with van der Waals surface area (Å²) in [5.74, 6) is 0.523. The Labute approximate surface area is 142 Å². The molecule has 0 bridgehead atoms. The summed E-state index contributed by atoms with van der Waals surface area (Å²) in [7, 11) is 0. The van der Waals surface area contributed by atoms with Crippen molar-refractivity contribution in [3.63, 3.8) is 0 Å². The SMILES string of the molecule is C[C@@H]1Cc2ccccc2N1C(=O)CSc1ncnc2sccc12. The lowest BCUT2D eigenvalue weighted by molar-refractivity contribution is -0.116. The van der Waals surface area contributed by atoms with Gasteiger partial charge in [-0.2, -0.15) is 0 Å². The van der Waals surface area contributed by atoms with Gasteiger partial charge in [0.2, 0.25) is 5.91 Å². The van der Waals surface area contributed by atoms with Gasteiger partial charge in [0.1, 0.15) is 16.2 Å². The van der Waals surface area contributed by atoms with E-state index in [2.05, 4.69) is 23.0 Å². The summed E-state index contributed by atoms with van der Waals surface area (Å²) in [6.45, 7) is 2.10. The maximum atomic E-state index is 12.7. The molecule has 0 aliphatic carbocycles. The van der Waals surface area contributed by atoms with E-state index in [1.807, 2.05) is 34.5 Å². The van der Waals surface area contributed by atoms with Gasteiger partial charge in [0.25, 0.3) is 0 Å². The van der Waals surface area contributed by atoms with Gasteiger partial charge < -0.3 is 4.90 Å². The first-order chi connectivity index (χ1) is 11.2. The van der Waals surface area contributed by atoms with E-state index in [4.69, 9.17) is 0 Å². The molecule has 23 heavy (non-hydrogen) atoms. The van der Waals surface area contributed by atoms with Crippen molar-refractivity contribution >= 4 is 44.9 Å². The second-order valence-electron chi connectivity index (χ2n) is 5.55. The molecule has 4 nitrogen and oxygen atoms in total. The van der Waals surface area contributed by atoms with Gasteiger partial charge in [0, 0.05) is 17.1 Å². The van der Waals surface area contributed by atoms with Crippen LogP contribution in [0.25, 0.3) is 10.2 Å². The molecule has 116 valence electrons. The molecule has 0 saturated carbocycles. The fourth-order valence-electron chi connectivity index (χ4n) is 3.03. The Balaban J connectivity index is 1.54. The van der Waals surface area contributed by atoms with Crippen LogP contribution in [0.3, 0.4) is 0 Å². The Morgan fingerprint density at radius 3 is 3.13 bits per heavy atom. The molecule has 2 aromatic heterocycles. The van der Waals surface area contributed by atoms with Gasteiger partial charge in [-0.05, 0) is 36.4 Å². The average molecular weight is 341 g/mol. The molecule has 0 N–H and O–H groups in total. The van der Waals surface area contributed by atoms with Gasteiger partial charge in [-0.25, -0.2) is 9.97 Å². The minimum atomic E-state index is 0.134. The molecule has 0 fully saturated rings. The molecule has 6 heteroatoms. The lowest BCUT2D eigenvalue weighted by Gasteiger charge is -2.22. The maximum absolute atomic E-state index is 12.7. The largest absolute Gasteiger partial charge is 0.308 e.